The normalized spacial score (nSPS) is 19.4. The van der Waals surface area contributed by atoms with Crippen LogP contribution in [0.5, 0.6) is 0 Å². The van der Waals surface area contributed by atoms with Gasteiger partial charge in [0.15, 0.2) is 0 Å². The lowest BCUT2D eigenvalue weighted by molar-refractivity contribution is -0.137. The third-order valence-electron chi connectivity index (χ3n) is 3.02. The van der Waals surface area contributed by atoms with Crippen LogP contribution in [0.1, 0.15) is 25.7 Å². The standard InChI is InChI=1S/C11H20N2O4/c1-12(8-10(15)16)11(17)13-6-2-4-9(13)5-3-7-14/h9,14H,2-8H2,1H3,(H,15,16). The van der Waals surface area contributed by atoms with Crippen LogP contribution in [-0.2, 0) is 4.79 Å². The molecule has 98 valence electrons. The fourth-order valence-corrected chi connectivity index (χ4v) is 2.20. The Morgan fingerprint density at radius 1 is 1.47 bits per heavy atom. The molecule has 6 nitrogen and oxygen atoms in total. The number of rotatable bonds is 5. The molecule has 1 rings (SSSR count). The number of carboxylic acid groups (broad SMARTS) is 1. The van der Waals surface area contributed by atoms with Gasteiger partial charge in [-0.2, -0.15) is 0 Å². The maximum Gasteiger partial charge on any atom is 0.323 e. The summed E-state index contributed by atoms with van der Waals surface area (Å²) >= 11 is 0. The van der Waals surface area contributed by atoms with E-state index in [-0.39, 0.29) is 25.2 Å². The Morgan fingerprint density at radius 2 is 2.18 bits per heavy atom. The Balaban J connectivity index is 2.51. The second kappa shape index (κ2) is 6.44. The first-order valence-corrected chi connectivity index (χ1v) is 5.90. The molecule has 0 aromatic rings. The lowest BCUT2D eigenvalue weighted by Gasteiger charge is -2.28. The number of urea groups is 1. The summed E-state index contributed by atoms with van der Waals surface area (Å²) in [6.45, 7) is 0.532. The summed E-state index contributed by atoms with van der Waals surface area (Å²) in [5.41, 5.74) is 0. The maximum atomic E-state index is 12.0. The maximum absolute atomic E-state index is 12.0. The first-order valence-electron chi connectivity index (χ1n) is 5.90. The number of amides is 2. The second-order valence-corrected chi connectivity index (χ2v) is 4.39. The van der Waals surface area contributed by atoms with E-state index in [0.29, 0.717) is 13.0 Å². The van der Waals surface area contributed by atoms with E-state index in [1.807, 2.05) is 0 Å². The molecular formula is C11H20N2O4. The van der Waals surface area contributed by atoms with Gasteiger partial charge < -0.3 is 20.0 Å². The molecule has 2 amide bonds. The Morgan fingerprint density at radius 3 is 2.76 bits per heavy atom. The quantitative estimate of drug-likeness (QED) is 0.731. The van der Waals surface area contributed by atoms with Crippen LogP contribution in [-0.4, -0.2) is 64.8 Å². The zero-order valence-corrected chi connectivity index (χ0v) is 10.1. The summed E-state index contributed by atoms with van der Waals surface area (Å²) in [5, 5.41) is 17.4. The number of hydrogen-bond acceptors (Lipinski definition) is 3. The molecule has 1 aliphatic rings. The molecule has 1 unspecified atom stereocenters. The SMILES string of the molecule is CN(CC(=O)O)C(=O)N1CCCC1CCCO. The fraction of sp³-hybridized carbons (Fsp3) is 0.818. The smallest absolute Gasteiger partial charge is 0.323 e. The van der Waals surface area contributed by atoms with Crippen molar-refractivity contribution in [3.05, 3.63) is 0 Å². The highest BCUT2D eigenvalue weighted by Crippen LogP contribution is 2.22. The average molecular weight is 244 g/mol. The molecule has 1 saturated heterocycles. The minimum absolute atomic E-state index is 0.128. The molecule has 6 heteroatoms. The van der Waals surface area contributed by atoms with E-state index in [9.17, 15) is 9.59 Å². The average Bonchev–Trinajstić information content (AvgIpc) is 2.72. The van der Waals surface area contributed by atoms with Crippen LogP contribution in [0.4, 0.5) is 4.79 Å². The summed E-state index contributed by atoms with van der Waals surface area (Å²) in [6.07, 6.45) is 3.34. The molecule has 17 heavy (non-hydrogen) atoms. The van der Waals surface area contributed by atoms with Crippen molar-refractivity contribution < 1.29 is 19.8 Å². The van der Waals surface area contributed by atoms with E-state index < -0.39 is 5.97 Å². The zero-order chi connectivity index (χ0) is 12.8. The van der Waals surface area contributed by atoms with E-state index in [4.69, 9.17) is 10.2 Å². The van der Waals surface area contributed by atoms with Gasteiger partial charge in [-0.25, -0.2) is 4.79 Å². The number of carbonyl (C=O) groups is 2. The highest BCUT2D eigenvalue weighted by atomic mass is 16.4. The molecule has 1 fully saturated rings. The number of carbonyl (C=O) groups excluding carboxylic acids is 1. The number of carboxylic acids is 1. The van der Waals surface area contributed by atoms with Gasteiger partial charge in [-0.05, 0) is 25.7 Å². The molecule has 0 aromatic carbocycles. The topological polar surface area (TPSA) is 81.1 Å². The van der Waals surface area contributed by atoms with Gasteiger partial charge >= 0.3 is 12.0 Å². The highest BCUT2D eigenvalue weighted by Gasteiger charge is 2.30. The van der Waals surface area contributed by atoms with Gasteiger partial charge in [0.05, 0.1) is 0 Å². The van der Waals surface area contributed by atoms with Crippen molar-refractivity contribution in [3.8, 4) is 0 Å². The van der Waals surface area contributed by atoms with Gasteiger partial charge in [-0.15, -0.1) is 0 Å². The first-order chi connectivity index (χ1) is 8.06. The van der Waals surface area contributed by atoms with Crippen LogP contribution >= 0.6 is 0 Å². The predicted octanol–water partition coefficient (Wildman–Crippen LogP) is 0.360. The van der Waals surface area contributed by atoms with E-state index in [1.54, 1.807) is 4.90 Å². The third-order valence-corrected chi connectivity index (χ3v) is 3.02. The summed E-state index contributed by atoms with van der Waals surface area (Å²) < 4.78 is 0. The second-order valence-electron chi connectivity index (χ2n) is 4.39. The summed E-state index contributed by atoms with van der Waals surface area (Å²) in [4.78, 5) is 25.5. The van der Waals surface area contributed by atoms with Crippen molar-refractivity contribution >= 4 is 12.0 Å². The van der Waals surface area contributed by atoms with Crippen molar-refractivity contribution in [2.75, 3.05) is 26.7 Å². The van der Waals surface area contributed by atoms with Gasteiger partial charge in [0.1, 0.15) is 6.54 Å². The van der Waals surface area contributed by atoms with Crippen LogP contribution in [0, 0.1) is 0 Å². The van der Waals surface area contributed by atoms with E-state index in [0.717, 1.165) is 19.3 Å². The first kappa shape index (κ1) is 13.8. The minimum Gasteiger partial charge on any atom is -0.480 e. The van der Waals surface area contributed by atoms with Crippen molar-refractivity contribution in [2.45, 2.75) is 31.7 Å². The molecular weight excluding hydrogens is 224 g/mol. The molecule has 1 atom stereocenters. The lowest BCUT2D eigenvalue weighted by Crippen LogP contribution is -2.45. The van der Waals surface area contributed by atoms with Crippen LogP contribution in [0.15, 0.2) is 0 Å². The zero-order valence-electron chi connectivity index (χ0n) is 10.1. The Labute approximate surface area is 101 Å². The number of aliphatic hydroxyl groups excluding tert-OH is 1. The molecule has 0 bridgehead atoms. The molecule has 1 heterocycles. The highest BCUT2D eigenvalue weighted by molar-refractivity contribution is 5.80. The van der Waals surface area contributed by atoms with E-state index in [1.165, 1.54) is 11.9 Å². The molecule has 0 aliphatic carbocycles. The number of likely N-dealkylation sites (tertiary alicyclic amines) is 1. The van der Waals surface area contributed by atoms with E-state index >= 15 is 0 Å². The molecule has 0 saturated carbocycles. The van der Waals surface area contributed by atoms with Crippen molar-refractivity contribution in [1.29, 1.82) is 0 Å². The van der Waals surface area contributed by atoms with Crippen LogP contribution in [0.25, 0.3) is 0 Å². The third kappa shape index (κ3) is 3.89. The molecule has 0 aromatic heterocycles. The molecule has 2 N–H and O–H groups in total. The van der Waals surface area contributed by atoms with E-state index in [2.05, 4.69) is 0 Å². The monoisotopic (exact) mass is 244 g/mol. The summed E-state index contributed by atoms with van der Waals surface area (Å²) in [5.74, 6) is -1.01. The summed E-state index contributed by atoms with van der Waals surface area (Å²) in [6, 6.07) is -0.0845. The molecule has 1 aliphatic heterocycles. The Hall–Kier alpha value is -1.30. The number of likely N-dealkylation sites (N-methyl/N-ethyl adjacent to an activating group) is 1. The number of hydrogen-bond donors (Lipinski definition) is 2. The van der Waals surface area contributed by atoms with Gasteiger partial charge in [0, 0.05) is 26.2 Å². The predicted molar refractivity (Wildman–Crippen MR) is 61.7 cm³/mol. The van der Waals surface area contributed by atoms with Crippen LogP contribution < -0.4 is 0 Å². The van der Waals surface area contributed by atoms with Crippen molar-refractivity contribution in [2.24, 2.45) is 0 Å². The number of aliphatic carboxylic acids is 1. The van der Waals surface area contributed by atoms with Gasteiger partial charge in [0.25, 0.3) is 0 Å². The van der Waals surface area contributed by atoms with Crippen LogP contribution in [0.3, 0.4) is 0 Å². The molecule has 0 spiro atoms. The van der Waals surface area contributed by atoms with Gasteiger partial charge in [-0.1, -0.05) is 0 Å². The largest absolute Gasteiger partial charge is 0.480 e. The van der Waals surface area contributed by atoms with Crippen molar-refractivity contribution in [3.63, 3.8) is 0 Å². The Kier molecular flexibility index (Phi) is 5.21. The van der Waals surface area contributed by atoms with Gasteiger partial charge in [0.2, 0.25) is 0 Å². The lowest BCUT2D eigenvalue weighted by atomic mass is 10.1. The Bertz CT molecular complexity index is 283. The van der Waals surface area contributed by atoms with Crippen molar-refractivity contribution in [1.82, 2.24) is 9.80 Å². The molecule has 0 radical (unpaired) electrons. The fourth-order valence-electron chi connectivity index (χ4n) is 2.20. The van der Waals surface area contributed by atoms with Gasteiger partial charge in [-0.3, -0.25) is 4.79 Å². The number of nitrogens with zero attached hydrogens (tertiary/aromatic N) is 2. The minimum atomic E-state index is -1.01. The summed E-state index contributed by atoms with van der Waals surface area (Å²) in [7, 11) is 1.50. The van der Waals surface area contributed by atoms with Crippen LogP contribution in [0.2, 0.25) is 0 Å². The number of aliphatic hydroxyl groups is 1.